The van der Waals surface area contributed by atoms with Crippen molar-refractivity contribution in [2.24, 2.45) is 0 Å². The van der Waals surface area contributed by atoms with Crippen molar-refractivity contribution in [3.8, 4) is 0 Å². The maximum absolute atomic E-state index is 13.8. The Morgan fingerprint density at radius 1 is 1.04 bits per heavy atom. The Morgan fingerprint density at radius 3 is 2.50 bits per heavy atom. The molecule has 13 heteroatoms. The molecule has 3 fully saturated rings. The molecule has 0 saturated carbocycles. The van der Waals surface area contributed by atoms with E-state index in [-0.39, 0.29) is 31.2 Å². The van der Waals surface area contributed by atoms with Gasteiger partial charge in [0.1, 0.15) is 12.8 Å². The van der Waals surface area contributed by atoms with E-state index in [1.54, 1.807) is 10.8 Å². The number of likely N-dealkylation sites (tertiary alicyclic amines) is 2. The van der Waals surface area contributed by atoms with Crippen molar-refractivity contribution >= 4 is 66.2 Å². The van der Waals surface area contributed by atoms with Gasteiger partial charge in [-0.2, -0.15) is 0 Å². The number of halogens is 2. The summed E-state index contributed by atoms with van der Waals surface area (Å²) in [6.07, 6.45) is 4.34. The normalized spacial score (nSPS) is 26.7. The number of carbonyl (C=O) groups is 2. The van der Waals surface area contributed by atoms with Crippen LogP contribution >= 0.6 is 31.9 Å². The number of benzene rings is 2. The quantitative estimate of drug-likeness (QED) is 0.220. The Kier molecular flexibility index (Phi) is 9.37. The van der Waals surface area contributed by atoms with Crippen molar-refractivity contribution in [1.82, 2.24) is 29.2 Å². The number of piperazine rings is 1. The van der Waals surface area contributed by atoms with Crippen LogP contribution in [-0.4, -0.2) is 111 Å². The number of rotatable bonds is 7. The van der Waals surface area contributed by atoms with Gasteiger partial charge in [0.25, 0.3) is 6.09 Å². The van der Waals surface area contributed by atoms with Crippen molar-refractivity contribution < 1.29 is 19.2 Å². The highest BCUT2D eigenvalue weighted by Gasteiger charge is 2.60. The van der Waals surface area contributed by atoms with Crippen molar-refractivity contribution in [2.45, 2.75) is 56.4 Å². The van der Waals surface area contributed by atoms with Gasteiger partial charge in [-0.15, -0.1) is 0 Å². The van der Waals surface area contributed by atoms with Gasteiger partial charge in [0.05, 0.1) is 41.8 Å². The number of imidazole rings is 1. The van der Waals surface area contributed by atoms with Crippen molar-refractivity contribution in [3.63, 3.8) is 0 Å². The Bertz CT molecular complexity index is 1900. The average molecular weight is 784 g/mol. The highest BCUT2D eigenvalue weighted by molar-refractivity contribution is 9.13. The summed E-state index contributed by atoms with van der Waals surface area (Å²) < 4.78 is 3.03. The van der Waals surface area contributed by atoms with Crippen LogP contribution in [0.4, 0.5) is 4.79 Å². The number of aromatic amines is 1. The number of aldehydes is 1. The topological polar surface area (TPSA) is 118 Å². The first-order chi connectivity index (χ1) is 23.2. The molecule has 3 saturated heterocycles. The molecule has 3 atom stereocenters. The lowest BCUT2D eigenvalue weighted by molar-refractivity contribution is -0.956. The van der Waals surface area contributed by atoms with Gasteiger partial charge in [-0.25, -0.2) is 9.69 Å². The predicted molar refractivity (Wildman–Crippen MR) is 189 cm³/mol. The third-order valence-electron chi connectivity index (χ3n) is 11.3. The van der Waals surface area contributed by atoms with Gasteiger partial charge in [-0.3, -0.25) is 18.9 Å². The van der Waals surface area contributed by atoms with E-state index in [1.807, 2.05) is 42.5 Å². The molecular weight excluding hydrogens is 742 g/mol. The molecule has 5 heterocycles. The summed E-state index contributed by atoms with van der Waals surface area (Å²) >= 11 is 7.13. The summed E-state index contributed by atoms with van der Waals surface area (Å²) in [4.78, 5) is 55.2. The fourth-order valence-corrected chi connectivity index (χ4v) is 9.49. The Hall–Kier alpha value is -2.94. The van der Waals surface area contributed by atoms with E-state index in [4.69, 9.17) is 0 Å². The van der Waals surface area contributed by atoms with E-state index in [0.717, 1.165) is 70.7 Å². The molecule has 0 aliphatic carbocycles. The van der Waals surface area contributed by atoms with Crippen molar-refractivity contribution in [1.29, 1.82) is 0 Å². The standard InChI is InChI=1S/C35H41Br2N7O4/c1-40-12-8-25(9-13-40)41-14-16-42(17-15-41)35(11-19-45)21-26(10-18-44(35,34(47)48)23-24-6-7-28(36)29(37)20-24)43-31-22-38-30-5-3-2-4-27(30)32(31)39-33(43)46/h2-7,19-20,22,25-26H,8-18,21,23H2,1H3,(H-,38,39,46,47,48)/t26?,35?,44-/m0/s1. The van der Waals surface area contributed by atoms with E-state index in [9.17, 15) is 19.5 Å². The number of H-pyrrole nitrogens is 1. The fraction of sp³-hybridized carbons (Fsp3) is 0.486. The minimum absolute atomic E-state index is 0.00167. The second-order valence-electron chi connectivity index (χ2n) is 13.8. The van der Waals surface area contributed by atoms with Crippen LogP contribution in [0.3, 0.4) is 0 Å². The number of piperidine rings is 2. The number of aromatic nitrogens is 3. The average Bonchev–Trinajstić information content (AvgIpc) is 3.44. The first kappa shape index (κ1) is 33.6. The van der Waals surface area contributed by atoms with Crippen LogP contribution in [0.5, 0.6) is 0 Å². The lowest BCUT2D eigenvalue weighted by Crippen LogP contribution is -2.79. The van der Waals surface area contributed by atoms with Crippen LogP contribution in [0, 0.1) is 0 Å². The Morgan fingerprint density at radius 2 is 1.79 bits per heavy atom. The first-order valence-corrected chi connectivity index (χ1v) is 18.4. The van der Waals surface area contributed by atoms with Crippen LogP contribution in [0.25, 0.3) is 21.9 Å². The van der Waals surface area contributed by atoms with Gasteiger partial charge in [0.2, 0.25) is 0 Å². The summed E-state index contributed by atoms with van der Waals surface area (Å²) in [5.41, 5.74) is 1.60. The minimum atomic E-state index is -1.20. The number of carbonyl (C=O) groups excluding carboxylic acids is 2. The van der Waals surface area contributed by atoms with Crippen molar-refractivity contribution in [3.05, 3.63) is 73.7 Å². The number of nitrogens with one attached hydrogen (secondary N) is 1. The van der Waals surface area contributed by atoms with Gasteiger partial charge in [0, 0.05) is 65.0 Å². The van der Waals surface area contributed by atoms with Crippen LogP contribution in [0.2, 0.25) is 0 Å². The summed E-state index contributed by atoms with van der Waals surface area (Å²) in [5, 5.41) is 14.6. The van der Waals surface area contributed by atoms with Gasteiger partial charge < -0.3 is 24.6 Å². The number of hydrogen-bond acceptors (Lipinski definition) is 8. The van der Waals surface area contributed by atoms with E-state index >= 15 is 0 Å². The number of carboxylic acid groups (broad SMARTS) is 1. The van der Waals surface area contributed by atoms with Gasteiger partial charge in [-0.1, -0.05) is 24.3 Å². The molecular formula is C35H41Br2N7O4. The lowest BCUT2D eigenvalue weighted by atomic mass is 9.82. The minimum Gasteiger partial charge on any atom is -0.498 e. The van der Waals surface area contributed by atoms with Crippen LogP contribution in [0.1, 0.15) is 43.7 Å². The number of para-hydroxylation sites is 1. The smallest absolute Gasteiger partial charge is 0.326 e. The molecule has 0 spiro atoms. The maximum atomic E-state index is 13.8. The molecule has 7 rings (SSSR count). The number of nitrogens with zero attached hydrogens (tertiary/aromatic N) is 6. The number of hydrogen-bond donors (Lipinski definition) is 1. The summed E-state index contributed by atoms with van der Waals surface area (Å²) in [6.45, 7) is 5.32. The third-order valence-corrected chi connectivity index (χ3v) is 13.2. The molecule has 0 radical (unpaired) electrons. The summed E-state index contributed by atoms with van der Waals surface area (Å²) in [7, 11) is 2.16. The SMILES string of the molecule is CN1CCC(N2CCN(C3(CC=O)CC(n4c(=O)[nH]c5c6ccccc6ncc54)CC[N@+]3(Cc3ccc(Br)c(Br)c3)C(=O)[O-])CC2)CC1. The maximum Gasteiger partial charge on any atom is 0.326 e. The number of pyridine rings is 1. The van der Waals surface area contributed by atoms with Crippen molar-refractivity contribution in [2.75, 3.05) is 52.9 Å². The molecule has 254 valence electrons. The molecule has 1 N–H and O–H groups in total. The van der Waals surface area contributed by atoms with Gasteiger partial charge >= 0.3 is 5.69 Å². The highest BCUT2D eigenvalue weighted by Crippen LogP contribution is 2.47. The number of quaternary nitrogens is 1. The molecule has 2 aromatic carbocycles. The van der Waals surface area contributed by atoms with Gasteiger partial charge in [0.15, 0.2) is 5.66 Å². The lowest BCUT2D eigenvalue weighted by Gasteiger charge is -2.61. The Labute approximate surface area is 296 Å². The zero-order chi connectivity index (χ0) is 33.6. The van der Waals surface area contributed by atoms with Crippen LogP contribution in [-0.2, 0) is 11.3 Å². The molecule has 2 unspecified atom stereocenters. The second kappa shape index (κ2) is 13.4. The molecule has 0 bridgehead atoms. The monoisotopic (exact) mass is 781 g/mol. The van der Waals surface area contributed by atoms with E-state index in [1.165, 1.54) is 0 Å². The fourth-order valence-electron chi connectivity index (χ4n) is 8.82. The third kappa shape index (κ3) is 5.75. The molecule has 3 aliphatic rings. The number of fused-ring (bicyclic) bond motifs is 3. The molecule has 11 nitrogen and oxygen atoms in total. The number of amides is 1. The second-order valence-corrected chi connectivity index (χ2v) is 15.5. The Balaban J connectivity index is 1.31. The highest BCUT2D eigenvalue weighted by atomic mass is 79.9. The first-order valence-electron chi connectivity index (χ1n) is 16.8. The summed E-state index contributed by atoms with van der Waals surface area (Å²) in [6, 6.07) is 13.6. The van der Waals surface area contributed by atoms with Crippen LogP contribution in [0.15, 0.2) is 62.4 Å². The molecule has 48 heavy (non-hydrogen) atoms. The van der Waals surface area contributed by atoms with Crippen LogP contribution < -0.4 is 10.8 Å². The molecule has 1 amide bonds. The molecule has 4 aromatic rings. The van der Waals surface area contributed by atoms with E-state index in [2.05, 4.69) is 63.6 Å². The molecule has 2 aromatic heterocycles. The zero-order valence-electron chi connectivity index (χ0n) is 27.1. The zero-order valence-corrected chi connectivity index (χ0v) is 30.3. The predicted octanol–water partition coefficient (Wildman–Crippen LogP) is 4.10. The van der Waals surface area contributed by atoms with Gasteiger partial charge in [-0.05, 0) is 83.0 Å². The van der Waals surface area contributed by atoms with E-state index in [0.29, 0.717) is 43.0 Å². The summed E-state index contributed by atoms with van der Waals surface area (Å²) in [5.74, 6) is 0. The molecule has 3 aliphatic heterocycles. The largest absolute Gasteiger partial charge is 0.498 e. The van der Waals surface area contributed by atoms with E-state index < -0.39 is 16.2 Å².